The molecule has 0 spiro atoms. The van der Waals surface area contributed by atoms with Gasteiger partial charge in [-0.1, -0.05) is 29.8 Å². The van der Waals surface area contributed by atoms with Crippen LogP contribution in [0.3, 0.4) is 0 Å². The fourth-order valence-corrected chi connectivity index (χ4v) is 1.55. The fourth-order valence-electron chi connectivity index (χ4n) is 1.14. The van der Waals surface area contributed by atoms with E-state index in [2.05, 4.69) is 29.8 Å². The molecule has 1 aromatic carbocycles. The zero-order valence-electron chi connectivity index (χ0n) is 7.27. The topological polar surface area (TPSA) is 0 Å². The molecule has 0 bridgehead atoms. The van der Waals surface area contributed by atoms with Crippen molar-refractivity contribution in [3.8, 4) is 0 Å². The molecule has 0 radical (unpaired) electrons. The van der Waals surface area contributed by atoms with Gasteiger partial charge in [-0.25, -0.2) is 4.39 Å². The Kier molecular flexibility index (Phi) is 3.27. The largest absolute Gasteiger partial charge is 0.207 e. The quantitative estimate of drug-likeness (QED) is 0.726. The van der Waals surface area contributed by atoms with E-state index in [1.165, 1.54) is 6.07 Å². The van der Waals surface area contributed by atoms with Gasteiger partial charge in [0.1, 0.15) is 5.82 Å². The Morgan fingerprint density at radius 1 is 1.42 bits per heavy atom. The molecule has 0 aliphatic heterocycles. The zero-order valence-corrected chi connectivity index (χ0v) is 8.86. The Hall–Kier alpha value is -0.370. The number of benzene rings is 1. The Balaban J connectivity index is 2.90. The minimum Gasteiger partial charge on any atom is -0.207 e. The predicted molar refractivity (Wildman–Crippen MR) is 52.6 cm³/mol. The average Bonchev–Trinajstić information content (AvgIpc) is 1.96. The molecule has 0 N–H and O–H groups in total. The maximum Gasteiger partial charge on any atom is 0.123 e. The minimum atomic E-state index is -0.158. The summed E-state index contributed by atoms with van der Waals surface area (Å²) in [6, 6.07) is 4.81. The van der Waals surface area contributed by atoms with Gasteiger partial charge in [0.05, 0.1) is 0 Å². The Bertz CT molecular complexity index is 269. The molecule has 0 aliphatic rings. The molecule has 1 rings (SSSR count). The minimum absolute atomic E-state index is 0.158. The molecule has 0 fully saturated rings. The summed E-state index contributed by atoms with van der Waals surface area (Å²) in [5.74, 6) is 0.400. The molecule has 0 nitrogen and oxygen atoms in total. The van der Waals surface area contributed by atoms with Crippen molar-refractivity contribution in [1.29, 1.82) is 0 Å². The lowest BCUT2D eigenvalue weighted by atomic mass is 10.0. The summed E-state index contributed by atoms with van der Waals surface area (Å²) < 4.78 is 13.8. The molecule has 2 heteroatoms. The first kappa shape index (κ1) is 9.72. The van der Waals surface area contributed by atoms with E-state index in [0.717, 1.165) is 16.5 Å². The van der Waals surface area contributed by atoms with Crippen molar-refractivity contribution in [2.45, 2.75) is 20.3 Å². The summed E-state index contributed by atoms with van der Waals surface area (Å²) in [4.78, 5) is 0. The summed E-state index contributed by atoms with van der Waals surface area (Å²) >= 11 is 3.39. The second-order valence-corrected chi connectivity index (χ2v) is 4.19. The van der Waals surface area contributed by atoms with Crippen LogP contribution in [-0.2, 0) is 6.42 Å². The molecule has 1 aromatic rings. The normalized spacial score (nSPS) is 10.8. The van der Waals surface area contributed by atoms with Crippen LogP contribution >= 0.6 is 15.9 Å². The third kappa shape index (κ3) is 2.59. The molecule has 12 heavy (non-hydrogen) atoms. The number of halogens is 2. The highest BCUT2D eigenvalue weighted by Crippen LogP contribution is 2.20. The van der Waals surface area contributed by atoms with Crippen molar-refractivity contribution < 1.29 is 4.39 Å². The SMILES string of the molecule is CC(C)Cc1cc(F)ccc1Br. The van der Waals surface area contributed by atoms with E-state index in [9.17, 15) is 4.39 Å². The van der Waals surface area contributed by atoms with Crippen molar-refractivity contribution in [3.63, 3.8) is 0 Å². The number of hydrogen-bond acceptors (Lipinski definition) is 0. The van der Waals surface area contributed by atoms with Gasteiger partial charge in [0, 0.05) is 4.47 Å². The van der Waals surface area contributed by atoms with Crippen molar-refractivity contribution in [1.82, 2.24) is 0 Å². The van der Waals surface area contributed by atoms with Gasteiger partial charge < -0.3 is 0 Å². The molecule has 66 valence electrons. The predicted octanol–water partition coefficient (Wildman–Crippen LogP) is 3.79. The second kappa shape index (κ2) is 4.04. The smallest absolute Gasteiger partial charge is 0.123 e. The maximum atomic E-state index is 12.8. The van der Waals surface area contributed by atoms with Gasteiger partial charge in [-0.05, 0) is 36.1 Å². The van der Waals surface area contributed by atoms with Gasteiger partial charge in [0.15, 0.2) is 0 Å². The van der Waals surface area contributed by atoms with Crippen LogP contribution in [0.2, 0.25) is 0 Å². The van der Waals surface area contributed by atoms with E-state index in [1.54, 1.807) is 12.1 Å². The molecule has 0 amide bonds. The standard InChI is InChI=1S/C10H12BrF/c1-7(2)5-8-6-9(12)3-4-10(8)11/h3-4,6-7H,5H2,1-2H3. The van der Waals surface area contributed by atoms with Crippen LogP contribution in [0.25, 0.3) is 0 Å². The van der Waals surface area contributed by atoms with Crippen molar-refractivity contribution in [2.75, 3.05) is 0 Å². The third-order valence-corrected chi connectivity index (χ3v) is 2.41. The number of hydrogen-bond donors (Lipinski definition) is 0. The lowest BCUT2D eigenvalue weighted by Crippen LogP contribution is -1.95. The van der Waals surface area contributed by atoms with Crippen LogP contribution in [0.5, 0.6) is 0 Å². The summed E-state index contributed by atoms with van der Waals surface area (Å²) in [5.41, 5.74) is 1.05. The molecule has 0 atom stereocenters. The molecular weight excluding hydrogens is 219 g/mol. The number of rotatable bonds is 2. The lowest BCUT2D eigenvalue weighted by Gasteiger charge is -2.06. The van der Waals surface area contributed by atoms with Crippen LogP contribution in [0.4, 0.5) is 4.39 Å². The van der Waals surface area contributed by atoms with E-state index < -0.39 is 0 Å². The molecular formula is C10H12BrF. The van der Waals surface area contributed by atoms with E-state index in [-0.39, 0.29) is 5.82 Å². The maximum absolute atomic E-state index is 12.8. The first-order valence-corrected chi connectivity index (χ1v) is 4.83. The van der Waals surface area contributed by atoms with Gasteiger partial charge >= 0.3 is 0 Å². The summed E-state index contributed by atoms with van der Waals surface area (Å²) in [5, 5.41) is 0. The first-order chi connectivity index (χ1) is 5.59. The monoisotopic (exact) mass is 230 g/mol. The average molecular weight is 231 g/mol. The Labute approximate surface area is 80.9 Å². The highest BCUT2D eigenvalue weighted by molar-refractivity contribution is 9.10. The second-order valence-electron chi connectivity index (χ2n) is 3.33. The van der Waals surface area contributed by atoms with E-state index >= 15 is 0 Å². The van der Waals surface area contributed by atoms with Crippen molar-refractivity contribution in [3.05, 3.63) is 34.1 Å². The van der Waals surface area contributed by atoms with Crippen molar-refractivity contribution in [2.24, 2.45) is 5.92 Å². The van der Waals surface area contributed by atoms with Gasteiger partial charge in [-0.15, -0.1) is 0 Å². The molecule has 0 saturated carbocycles. The van der Waals surface area contributed by atoms with E-state index in [4.69, 9.17) is 0 Å². The van der Waals surface area contributed by atoms with Gasteiger partial charge in [-0.3, -0.25) is 0 Å². The third-order valence-electron chi connectivity index (χ3n) is 1.64. The molecule has 0 saturated heterocycles. The lowest BCUT2D eigenvalue weighted by molar-refractivity contribution is 0.611. The fraction of sp³-hybridized carbons (Fsp3) is 0.400. The summed E-state index contributed by atoms with van der Waals surface area (Å²) in [7, 11) is 0. The van der Waals surface area contributed by atoms with Crippen LogP contribution in [-0.4, -0.2) is 0 Å². The Morgan fingerprint density at radius 2 is 2.08 bits per heavy atom. The molecule has 0 aliphatic carbocycles. The Morgan fingerprint density at radius 3 is 2.67 bits per heavy atom. The van der Waals surface area contributed by atoms with Gasteiger partial charge in [0.2, 0.25) is 0 Å². The molecule has 0 unspecified atom stereocenters. The van der Waals surface area contributed by atoms with Gasteiger partial charge in [-0.2, -0.15) is 0 Å². The first-order valence-electron chi connectivity index (χ1n) is 4.03. The molecule has 0 heterocycles. The van der Waals surface area contributed by atoms with Crippen LogP contribution < -0.4 is 0 Å². The summed E-state index contributed by atoms with van der Waals surface area (Å²) in [6.45, 7) is 4.24. The van der Waals surface area contributed by atoms with Crippen LogP contribution in [0, 0.1) is 11.7 Å². The van der Waals surface area contributed by atoms with E-state index in [1.807, 2.05) is 0 Å². The van der Waals surface area contributed by atoms with E-state index in [0.29, 0.717) is 5.92 Å². The highest BCUT2D eigenvalue weighted by atomic mass is 79.9. The van der Waals surface area contributed by atoms with Crippen LogP contribution in [0.15, 0.2) is 22.7 Å². The van der Waals surface area contributed by atoms with Gasteiger partial charge in [0.25, 0.3) is 0 Å². The van der Waals surface area contributed by atoms with Crippen LogP contribution in [0.1, 0.15) is 19.4 Å². The highest BCUT2D eigenvalue weighted by Gasteiger charge is 2.03. The molecule has 0 aromatic heterocycles. The van der Waals surface area contributed by atoms with Crippen molar-refractivity contribution >= 4 is 15.9 Å². The summed E-state index contributed by atoms with van der Waals surface area (Å²) in [6.07, 6.45) is 0.915. The zero-order chi connectivity index (χ0) is 9.14.